The van der Waals surface area contributed by atoms with Crippen LogP contribution in [0.25, 0.3) is 0 Å². The van der Waals surface area contributed by atoms with Crippen LogP contribution < -0.4 is 18.9 Å². The van der Waals surface area contributed by atoms with Gasteiger partial charge in [0.2, 0.25) is 23.5 Å². The molecule has 26 nitrogen and oxygen atoms in total. The average molecular weight is 1650 g/mol. The number of rotatable bonds is 20. The predicted molar refractivity (Wildman–Crippen MR) is 376 cm³/mol. The van der Waals surface area contributed by atoms with E-state index in [1.54, 1.807) is 131 Å². The Bertz CT molecular complexity index is 4210. The Morgan fingerprint density at radius 1 is 0.245 bits per heavy atom. The number of alkyl halides is 6. The van der Waals surface area contributed by atoms with Crippen molar-refractivity contribution in [3.63, 3.8) is 0 Å². The van der Waals surface area contributed by atoms with Crippen LogP contribution in [0.1, 0.15) is 68.3 Å². The molecular weight excluding hydrogens is 1590 g/mol. The zero-order chi connectivity index (χ0) is 78.5. The van der Waals surface area contributed by atoms with Crippen molar-refractivity contribution in [2.75, 3.05) is 56.9 Å². The molecule has 12 heterocycles. The van der Waals surface area contributed by atoms with Crippen LogP contribution in [0.15, 0.2) is 268 Å². The zero-order valence-electron chi connectivity index (χ0n) is 59.2. The smallest absolute Gasteiger partial charge is 0.741 e. The van der Waals surface area contributed by atoms with Crippen molar-refractivity contribution in [1.29, 1.82) is 0 Å². The van der Waals surface area contributed by atoms with Crippen molar-refractivity contribution in [3.05, 3.63) is 336 Å². The van der Waals surface area contributed by atoms with E-state index < -0.39 is 53.7 Å². The second-order valence-electron chi connectivity index (χ2n) is 21.3. The minimum absolute atomic E-state index is 0. The summed E-state index contributed by atoms with van der Waals surface area (Å²) in [5, 5.41) is 0. The molecule has 0 aliphatic carbocycles. The first-order chi connectivity index (χ1) is 51.7. The first-order valence-electron chi connectivity index (χ1n) is 31.4. The Morgan fingerprint density at radius 2 is 0.382 bits per heavy atom. The van der Waals surface area contributed by atoms with E-state index >= 15 is 0 Å². The van der Waals surface area contributed by atoms with Gasteiger partial charge in [-0.25, -0.2) is 36.8 Å². The van der Waals surface area contributed by atoms with Gasteiger partial charge in [0.25, 0.3) is 0 Å². The number of methoxy groups -OCH3 is 8. The molecule has 0 unspecified atom stereocenters. The summed E-state index contributed by atoms with van der Waals surface area (Å²) in [6.45, 7) is 0. The van der Waals surface area contributed by atoms with Crippen molar-refractivity contribution >= 4 is 20.2 Å². The molecule has 0 aliphatic heterocycles. The molecule has 0 saturated heterocycles. The third-order valence-electron chi connectivity index (χ3n) is 15.2. The van der Waals surface area contributed by atoms with Gasteiger partial charge in [0.05, 0.1) is 96.8 Å². The van der Waals surface area contributed by atoms with Gasteiger partial charge in [0.15, 0.2) is 42.6 Å². The number of hydrogen-bond acceptors (Lipinski definition) is 26. The van der Waals surface area contributed by atoms with Crippen molar-refractivity contribution in [3.8, 4) is 23.5 Å². The van der Waals surface area contributed by atoms with E-state index in [1.165, 1.54) is 0 Å². The van der Waals surface area contributed by atoms with E-state index in [2.05, 4.69) is 59.8 Å². The average Bonchev–Trinajstić information content (AvgIpc) is 0.777. The van der Waals surface area contributed by atoms with Gasteiger partial charge in [-0.3, -0.25) is 39.9 Å². The maximum Gasteiger partial charge on any atom is 1.00 e. The number of ether oxygens (including phenoxy) is 8. The molecule has 0 spiro atoms. The Hall–Kier alpha value is -10.7. The summed E-state index contributed by atoms with van der Waals surface area (Å²) >= 11 is 0. The molecule has 36 heteroatoms. The van der Waals surface area contributed by atoms with Crippen LogP contribution in [0.3, 0.4) is 0 Å². The van der Waals surface area contributed by atoms with Gasteiger partial charge >= 0.3 is 45.2 Å². The van der Waals surface area contributed by atoms with E-state index in [9.17, 15) is 26.3 Å². The molecule has 0 N–H and O–H groups in total. The molecule has 0 bridgehead atoms. The van der Waals surface area contributed by atoms with E-state index in [0.717, 1.165) is 0 Å². The molecule has 110 heavy (non-hydrogen) atoms. The molecule has 0 aromatic carbocycles. The Morgan fingerprint density at radius 3 is 0.482 bits per heavy atom. The first kappa shape index (κ1) is 89.9. The van der Waals surface area contributed by atoms with Crippen LogP contribution in [0, 0.1) is 0 Å². The van der Waals surface area contributed by atoms with Gasteiger partial charge in [0.1, 0.15) is 0 Å². The second-order valence-corrected chi connectivity index (χ2v) is 24.1. The van der Waals surface area contributed by atoms with E-state index in [4.69, 9.17) is 63.8 Å². The number of aromatic nitrogens is 12. The summed E-state index contributed by atoms with van der Waals surface area (Å²) in [4.78, 5) is 54.1. The summed E-state index contributed by atoms with van der Waals surface area (Å²) in [5.41, 5.74) is -6.97. The molecule has 584 valence electrons. The first-order valence-corrected chi connectivity index (χ1v) is 34.2. The quantitative estimate of drug-likeness (QED) is 0.0296. The summed E-state index contributed by atoms with van der Waals surface area (Å²) in [6.07, 6.45) is 13.8. The van der Waals surface area contributed by atoms with Crippen LogP contribution in [0.2, 0.25) is 0 Å². The molecule has 0 radical (unpaired) electrons. The molecule has 12 rings (SSSR count). The zero-order valence-corrected chi connectivity index (χ0v) is 62.7. The van der Waals surface area contributed by atoms with Crippen molar-refractivity contribution in [2.45, 2.75) is 33.4 Å². The fraction of sp³-hybridized carbons (Fsp3) is 0.189. The molecule has 0 aliphatic rings. The number of nitrogens with zero attached hydrogens (tertiary/aromatic N) is 12. The van der Waals surface area contributed by atoms with E-state index in [1.807, 2.05) is 194 Å². The summed E-state index contributed by atoms with van der Waals surface area (Å²) in [5.74, 6) is 2.04. The summed E-state index contributed by atoms with van der Waals surface area (Å²) in [7, 11) is 0.679. The van der Waals surface area contributed by atoms with Crippen LogP contribution in [0.4, 0.5) is 26.3 Å². The maximum atomic E-state index is 10.7. The Balaban J connectivity index is 0.000000244. The molecule has 0 saturated carbocycles. The Labute approximate surface area is 650 Å². The van der Waals surface area contributed by atoms with Crippen molar-refractivity contribution < 1.29 is 124 Å². The van der Waals surface area contributed by atoms with Gasteiger partial charge in [-0.05, 0) is 121 Å². The standard InChI is InChI=1S/4C18H17N3O2.2CHF3O3S.2Cu/c4*1-22-17-11-7-10-16(21-17)18(23-2,14-8-3-5-12-19-14)15-9-4-6-13-20-15;2*2-1(3,4)8(5,6)7;;/h4*3-13H,1-2H3;2*(H,5,6,7);;/q;;;;;;2*+1/p-2. The van der Waals surface area contributed by atoms with Gasteiger partial charge in [0, 0.05) is 102 Å². The second kappa shape index (κ2) is 41.7. The number of hydrogen-bond donors (Lipinski definition) is 0. The van der Waals surface area contributed by atoms with Crippen molar-refractivity contribution in [1.82, 2.24) is 59.8 Å². The van der Waals surface area contributed by atoms with Gasteiger partial charge in [-0.15, -0.1) is 0 Å². The van der Waals surface area contributed by atoms with Crippen molar-refractivity contribution in [2.24, 2.45) is 0 Å². The normalized spacial score (nSPS) is 11.4. The third kappa shape index (κ3) is 21.8. The number of pyridine rings is 12. The summed E-state index contributed by atoms with van der Waals surface area (Å²) < 4.78 is 163. The van der Waals surface area contributed by atoms with E-state index in [0.29, 0.717) is 91.8 Å². The minimum atomic E-state index is -6.09. The predicted octanol–water partition coefficient (Wildman–Crippen LogP) is 11.4. The monoisotopic (exact) mass is 1650 g/mol. The van der Waals surface area contributed by atoms with Gasteiger partial charge < -0.3 is 47.0 Å². The fourth-order valence-corrected chi connectivity index (χ4v) is 10.3. The maximum absolute atomic E-state index is 10.7. The van der Waals surface area contributed by atoms with E-state index in [-0.39, 0.29) is 34.1 Å². The third-order valence-corrected chi connectivity index (χ3v) is 16.3. The number of halogens is 6. The molecule has 12 aromatic heterocycles. The van der Waals surface area contributed by atoms with Gasteiger partial charge in [-0.2, -0.15) is 26.3 Å². The van der Waals surface area contributed by atoms with Gasteiger partial charge in [-0.1, -0.05) is 72.8 Å². The summed E-state index contributed by atoms with van der Waals surface area (Å²) in [6, 6.07) is 67.7. The molecule has 0 atom stereocenters. The SMILES string of the molecule is COc1cccc(C(OC)(c2ccccn2)c2ccccn2)n1.COc1cccc(C(OC)(c2ccccn2)c2ccccn2)n1.COc1cccc(C(OC)(c2ccccn2)c2ccccn2)n1.COc1cccc(C(OC)(c2ccccn2)c2ccccn2)n1.O=S(=O)([O-])C(F)(F)F.O=S(=O)([O-])C(F)(F)F.[Cu+].[Cu+]. The fourth-order valence-electron chi connectivity index (χ4n) is 10.3. The van der Waals surface area contributed by atoms with Crippen LogP contribution in [0.5, 0.6) is 23.5 Å². The molecule has 12 aromatic rings. The molecule has 0 fully saturated rings. The largest absolute Gasteiger partial charge is 1.00 e. The molecule has 0 amide bonds. The van der Waals surface area contributed by atoms with Crippen LogP contribution in [-0.2, 0) is 95.7 Å². The molecular formula is C74H68Cu2F6N12O14S2. The topological polar surface area (TPSA) is 343 Å². The minimum Gasteiger partial charge on any atom is -0.741 e. The van der Waals surface area contributed by atoms with Crippen LogP contribution in [-0.4, -0.2) is 154 Å². The van der Waals surface area contributed by atoms with Crippen LogP contribution >= 0.6 is 0 Å². The Kier molecular flexibility index (Phi) is 34.1.